The fourth-order valence-electron chi connectivity index (χ4n) is 4.21. The number of alkyl halides is 6. The molecule has 210 valence electrons. The number of hydrogen-bond donors (Lipinski definition) is 4. The smallest absolute Gasteiger partial charge is 0.475 e. The van der Waals surface area contributed by atoms with E-state index in [1.807, 2.05) is 18.0 Å². The molecular weight excluding hydrogens is 516 g/mol. The Hall–Kier alpha value is -2.91. The summed E-state index contributed by atoms with van der Waals surface area (Å²) >= 11 is 0. The maximum atomic E-state index is 12.1. The van der Waals surface area contributed by atoms with Crippen molar-refractivity contribution in [3.63, 3.8) is 0 Å². The van der Waals surface area contributed by atoms with Crippen LogP contribution in [0.1, 0.15) is 30.0 Å². The number of nitrogens with zero attached hydrogens (tertiary/aromatic N) is 2. The SMILES string of the molecule is CN(C)C(=O)CN(C)[C@@H]1c2ccccc2C2(CCNCC2)[C@H]1O.O=C(O)C(F)(F)F.O=C(O)C(F)(F)F. The molecule has 1 aromatic rings. The molecule has 1 amide bonds. The zero-order chi connectivity index (χ0) is 28.8. The van der Waals surface area contributed by atoms with Gasteiger partial charge in [-0.3, -0.25) is 9.69 Å². The second kappa shape index (κ2) is 12.6. The number of halogens is 6. The predicted octanol–water partition coefficient (Wildman–Crippen LogP) is 2.01. The molecule has 1 saturated heterocycles. The lowest BCUT2D eigenvalue weighted by atomic mass is 9.72. The van der Waals surface area contributed by atoms with Crippen LogP contribution in [-0.4, -0.2) is 102 Å². The summed E-state index contributed by atoms with van der Waals surface area (Å²) in [6, 6.07) is 8.23. The van der Waals surface area contributed by atoms with Crippen molar-refractivity contribution >= 4 is 17.8 Å². The van der Waals surface area contributed by atoms with Crippen LogP contribution in [0.15, 0.2) is 24.3 Å². The topological polar surface area (TPSA) is 130 Å². The average Bonchev–Trinajstić information content (AvgIpc) is 3.01. The fraction of sp³-hybridized carbons (Fsp3) is 0.591. The van der Waals surface area contributed by atoms with Crippen molar-refractivity contribution in [2.45, 2.75) is 42.8 Å². The molecule has 9 nitrogen and oxygen atoms in total. The number of aliphatic carboxylic acids is 2. The number of fused-ring (bicyclic) bond motifs is 2. The molecule has 0 saturated carbocycles. The van der Waals surface area contributed by atoms with E-state index in [0.717, 1.165) is 25.9 Å². The Morgan fingerprint density at radius 2 is 1.38 bits per heavy atom. The van der Waals surface area contributed by atoms with Gasteiger partial charge < -0.3 is 25.5 Å². The highest BCUT2D eigenvalue weighted by molar-refractivity contribution is 5.77. The number of benzene rings is 1. The number of carbonyl (C=O) groups is 3. The first-order valence-corrected chi connectivity index (χ1v) is 10.8. The Balaban J connectivity index is 0.000000404. The number of likely N-dealkylation sites (N-methyl/N-ethyl adjacent to an activating group) is 2. The Morgan fingerprint density at radius 1 is 0.946 bits per heavy atom. The van der Waals surface area contributed by atoms with E-state index < -0.39 is 30.4 Å². The standard InChI is InChI=1S/C18H27N3O2.2C2HF3O2/c1-20(2)15(22)12-21(3)16-13-6-4-5-7-14(13)18(17(16)23)8-10-19-11-9-18;2*3-2(4,5)1(6)7/h4-7,16-17,19,23H,8-12H2,1-3H3;2*(H,6,7)/t16-,17+;;/m1../s1. The number of amides is 1. The number of hydrogen-bond acceptors (Lipinski definition) is 6. The van der Waals surface area contributed by atoms with E-state index in [1.165, 1.54) is 11.1 Å². The minimum Gasteiger partial charge on any atom is -0.475 e. The first-order valence-electron chi connectivity index (χ1n) is 10.8. The van der Waals surface area contributed by atoms with Gasteiger partial charge in [0.15, 0.2) is 0 Å². The van der Waals surface area contributed by atoms with Gasteiger partial charge in [0.05, 0.1) is 18.7 Å². The molecule has 0 radical (unpaired) electrons. The van der Waals surface area contributed by atoms with E-state index in [2.05, 4.69) is 23.5 Å². The van der Waals surface area contributed by atoms with E-state index in [0.29, 0.717) is 6.54 Å². The molecule has 37 heavy (non-hydrogen) atoms. The molecule has 1 aliphatic heterocycles. The first-order chi connectivity index (χ1) is 16.9. The van der Waals surface area contributed by atoms with Crippen LogP contribution < -0.4 is 5.32 Å². The number of piperidine rings is 1. The van der Waals surface area contributed by atoms with Crippen LogP contribution in [0.3, 0.4) is 0 Å². The van der Waals surface area contributed by atoms with Crippen LogP contribution >= 0.6 is 0 Å². The molecule has 4 N–H and O–H groups in total. The van der Waals surface area contributed by atoms with Crippen molar-refractivity contribution in [1.82, 2.24) is 15.1 Å². The van der Waals surface area contributed by atoms with Gasteiger partial charge in [-0.25, -0.2) is 9.59 Å². The Bertz CT molecular complexity index is 924. The van der Waals surface area contributed by atoms with Crippen LogP contribution in [-0.2, 0) is 19.8 Å². The zero-order valence-electron chi connectivity index (χ0n) is 20.2. The second-order valence-corrected chi connectivity index (χ2v) is 8.69. The molecule has 1 aromatic carbocycles. The lowest BCUT2D eigenvalue weighted by molar-refractivity contribution is -0.193. The van der Waals surface area contributed by atoms with Gasteiger partial charge in [0, 0.05) is 19.5 Å². The molecule has 2 atom stereocenters. The van der Waals surface area contributed by atoms with Crippen LogP contribution in [0, 0.1) is 0 Å². The Kier molecular flexibility index (Phi) is 10.9. The number of aliphatic hydroxyl groups is 1. The molecule has 0 aromatic heterocycles. The summed E-state index contributed by atoms with van der Waals surface area (Å²) in [6.07, 6.45) is -8.75. The van der Waals surface area contributed by atoms with Gasteiger partial charge in [0.1, 0.15) is 0 Å². The highest BCUT2D eigenvalue weighted by Gasteiger charge is 2.52. The third-order valence-corrected chi connectivity index (χ3v) is 6.02. The maximum Gasteiger partial charge on any atom is 0.490 e. The average molecular weight is 545 g/mol. The monoisotopic (exact) mass is 545 g/mol. The number of carboxylic acid groups (broad SMARTS) is 2. The van der Waals surface area contributed by atoms with E-state index in [4.69, 9.17) is 19.8 Å². The largest absolute Gasteiger partial charge is 0.490 e. The molecule has 2 aliphatic rings. The quantitative estimate of drug-likeness (QED) is 0.425. The van der Waals surface area contributed by atoms with Crippen molar-refractivity contribution in [1.29, 1.82) is 0 Å². The number of carboxylic acids is 2. The summed E-state index contributed by atoms with van der Waals surface area (Å²) < 4.78 is 63.5. The van der Waals surface area contributed by atoms with Crippen molar-refractivity contribution in [2.24, 2.45) is 0 Å². The van der Waals surface area contributed by atoms with Gasteiger partial charge in [-0.15, -0.1) is 0 Å². The van der Waals surface area contributed by atoms with Crippen molar-refractivity contribution in [3.8, 4) is 0 Å². The number of rotatable bonds is 3. The maximum absolute atomic E-state index is 12.1. The minimum absolute atomic E-state index is 0.0587. The van der Waals surface area contributed by atoms with Gasteiger partial charge in [0.25, 0.3) is 0 Å². The van der Waals surface area contributed by atoms with E-state index in [1.54, 1.807) is 19.0 Å². The molecule has 1 heterocycles. The molecule has 15 heteroatoms. The van der Waals surface area contributed by atoms with Gasteiger partial charge >= 0.3 is 24.3 Å². The number of carbonyl (C=O) groups excluding carboxylic acids is 1. The van der Waals surface area contributed by atoms with Crippen LogP contribution in [0.25, 0.3) is 0 Å². The number of nitrogens with one attached hydrogen (secondary N) is 1. The summed E-state index contributed by atoms with van der Waals surface area (Å²) in [5, 5.41) is 28.9. The first kappa shape index (κ1) is 32.1. The normalized spacial score (nSPS) is 20.2. The third kappa shape index (κ3) is 8.30. The van der Waals surface area contributed by atoms with Gasteiger partial charge in [0.2, 0.25) is 5.91 Å². The summed E-state index contributed by atoms with van der Waals surface area (Å²) in [7, 11) is 5.47. The summed E-state index contributed by atoms with van der Waals surface area (Å²) in [5.41, 5.74) is 2.26. The van der Waals surface area contributed by atoms with E-state index in [9.17, 15) is 36.2 Å². The summed E-state index contributed by atoms with van der Waals surface area (Å²) in [4.78, 5) is 33.5. The highest BCUT2D eigenvalue weighted by Crippen LogP contribution is 2.51. The highest BCUT2D eigenvalue weighted by atomic mass is 19.4. The summed E-state index contributed by atoms with van der Waals surface area (Å²) in [5.74, 6) is -5.46. The lowest BCUT2D eigenvalue weighted by Crippen LogP contribution is -2.49. The fourth-order valence-corrected chi connectivity index (χ4v) is 4.21. The van der Waals surface area contributed by atoms with E-state index >= 15 is 0 Å². The van der Waals surface area contributed by atoms with Crippen molar-refractivity contribution in [3.05, 3.63) is 35.4 Å². The Morgan fingerprint density at radius 3 is 1.78 bits per heavy atom. The molecule has 3 rings (SSSR count). The van der Waals surface area contributed by atoms with Crippen molar-refractivity contribution in [2.75, 3.05) is 40.8 Å². The van der Waals surface area contributed by atoms with Crippen LogP contribution in [0.4, 0.5) is 26.3 Å². The zero-order valence-corrected chi connectivity index (χ0v) is 20.2. The summed E-state index contributed by atoms with van der Waals surface area (Å²) in [6.45, 7) is 2.17. The van der Waals surface area contributed by atoms with Gasteiger partial charge in [-0.1, -0.05) is 24.3 Å². The minimum atomic E-state index is -5.08. The second-order valence-electron chi connectivity index (χ2n) is 8.69. The van der Waals surface area contributed by atoms with Gasteiger partial charge in [-0.2, -0.15) is 26.3 Å². The molecule has 1 spiro atoms. The third-order valence-electron chi connectivity index (χ3n) is 6.02. The van der Waals surface area contributed by atoms with Gasteiger partial charge in [-0.05, 0) is 44.1 Å². The molecule has 0 unspecified atom stereocenters. The molecular formula is C22H29F6N3O6. The van der Waals surface area contributed by atoms with E-state index in [-0.39, 0.29) is 17.4 Å². The number of aliphatic hydroxyl groups excluding tert-OH is 1. The lowest BCUT2D eigenvalue weighted by Gasteiger charge is -2.40. The molecule has 1 fully saturated rings. The van der Waals surface area contributed by atoms with Crippen LogP contribution in [0.2, 0.25) is 0 Å². The predicted molar refractivity (Wildman–Crippen MR) is 118 cm³/mol. The Labute approximate surface area is 208 Å². The van der Waals surface area contributed by atoms with Crippen molar-refractivity contribution < 1.29 is 56.0 Å². The molecule has 1 aliphatic carbocycles. The van der Waals surface area contributed by atoms with Crippen LogP contribution in [0.5, 0.6) is 0 Å². The molecule has 0 bridgehead atoms.